The number of aromatic nitrogens is 3. The molecule has 0 aliphatic carbocycles. The molecular formula is C24H27N3O12. The minimum Gasteiger partial charge on any atom is -0.464 e. The monoisotopic (exact) mass is 553 g/mol. The fourth-order valence-corrected chi connectivity index (χ4v) is 3.54. The van der Waals surface area contributed by atoms with Crippen LogP contribution in [0.3, 0.4) is 0 Å². The summed E-state index contributed by atoms with van der Waals surface area (Å²) in [5.74, 6) is -4.86. The van der Waals surface area contributed by atoms with E-state index in [4.69, 9.17) is 33.9 Å². The standard InChI is InChI=1S/C24H27N3O12/c1-12(28)34-11-19-20(35-13(2)29)21(36-14(3)30)22(37-15(4)31)24(39-19)38-17-8-6-16(7-9-17)27-10-18(25-26-27)23(32)33-5/h6-10,19-22,24H,11H2,1-5H3/t19-,20-,21+,22+,24?/m1/s1/i1D,2D,3D,4D. The van der Waals surface area contributed by atoms with Gasteiger partial charge in [-0.25, -0.2) is 9.48 Å². The average Bonchev–Trinajstić information content (AvgIpc) is 3.52. The minimum atomic E-state index is -1.69. The van der Waals surface area contributed by atoms with E-state index in [1.807, 2.05) is 0 Å². The number of nitrogens with zero attached hydrogens (tertiary/aromatic N) is 3. The van der Waals surface area contributed by atoms with Crippen LogP contribution in [0.4, 0.5) is 0 Å². The number of hydrogen-bond donors (Lipinski definition) is 0. The van der Waals surface area contributed by atoms with Gasteiger partial charge in [0.25, 0.3) is 0 Å². The topological polar surface area (TPSA) is 181 Å². The summed E-state index contributed by atoms with van der Waals surface area (Å²) in [5, 5.41) is 7.56. The molecule has 0 radical (unpaired) electrons. The van der Waals surface area contributed by atoms with Crippen molar-refractivity contribution in [3.05, 3.63) is 36.2 Å². The summed E-state index contributed by atoms with van der Waals surface area (Å²) in [6, 6.07) is 5.91. The lowest BCUT2D eigenvalue weighted by Gasteiger charge is -2.43. The summed E-state index contributed by atoms with van der Waals surface area (Å²) in [5.41, 5.74) is 0.408. The van der Waals surface area contributed by atoms with Crippen LogP contribution in [0, 0.1) is 0 Å². The van der Waals surface area contributed by atoms with E-state index in [0.717, 1.165) is 0 Å². The Hall–Kier alpha value is -4.53. The zero-order valence-electron chi connectivity index (χ0n) is 24.5. The van der Waals surface area contributed by atoms with Gasteiger partial charge in [-0.1, -0.05) is 5.21 Å². The maximum absolute atomic E-state index is 12.2. The Bertz CT molecular complexity index is 1290. The molecule has 1 fully saturated rings. The van der Waals surface area contributed by atoms with Gasteiger partial charge in [0.2, 0.25) is 12.4 Å². The molecule has 0 amide bonds. The lowest BCUT2D eigenvalue weighted by atomic mass is 9.98. The molecule has 0 saturated carbocycles. The van der Waals surface area contributed by atoms with Crippen molar-refractivity contribution in [3.8, 4) is 11.4 Å². The van der Waals surface area contributed by atoms with Crippen LogP contribution in [-0.4, -0.2) is 89.3 Å². The Kier molecular flexibility index (Phi) is 7.75. The van der Waals surface area contributed by atoms with Crippen molar-refractivity contribution in [2.24, 2.45) is 0 Å². The number of benzene rings is 1. The second-order valence-corrected chi connectivity index (χ2v) is 7.74. The number of ether oxygens (including phenoxy) is 7. The summed E-state index contributed by atoms with van der Waals surface area (Å²) in [7, 11) is 1.19. The Morgan fingerprint density at radius 3 is 2.13 bits per heavy atom. The van der Waals surface area contributed by atoms with E-state index in [9.17, 15) is 24.0 Å². The van der Waals surface area contributed by atoms with E-state index in [2.05, 4.69) is 15.0 Å². The molecule has 1 unspecified atom stereocenters. The minimum absolute atomic E-state index is 0.0383. The maximum Gasteiger partial charge on any atom is 0.360 e. The van der Waals surface area contributed by atoms with Crippen LogP contribution >= 0.6 is 0 Å². The van der Waals surface area contributed by atoms with E-state index < -0.39 is 94.8 Å². The molecule has 0 N–H and O–H groups in total. The lowest BCUT2D eigenvalue weighted by molar-refractivity contribution is -0.288. The molecule has 0 bridgehead atoms. The van der Waals surface area contributed by atoms with Crippen LogP contribution in [0.1, 0.15) is 43.6 Å². The SMILES string of the molecule is [2H]CC(=O)OC[C@H]1OC(Oc2ccc(-n3cc(C(=O)OC)nn3)cc2)[C@@H](OC(=O)C[2H])[C@@H](OC(=O)C[2H])[C@@H]1OC(=O)C[2H]. The molecule has 1 aromatic carbocycles. The highest BCUT2D eigenvalue weighted by Gasteiger charge is 2.53. The van der Waals surface area contributed by atoms with Crippen molar-refractivity contribution in [2.45, 2.75) is 58.3 Å². The smallest absolute Gasteiger partial charge is 0.360 e. The van der Waals surface area contributed by atoms with E-state index in [-0.39, 0.29) is 11.4 Å². The van der Waals surface area contributed by atoms with Crippen LogP contribution in [0.2, 0.25) is 0 Å². The Morgan fingerprint density at radius 2 is 1.51 bits per heavy atom. The number of carbonyl (C=O) groups is 5. The number of carbonyl (C=O) groups excluding carboxylic acids is 5. The van der Waals surface area contributed by atoms with Crippen molar-refractivity contribution in [3.63, 3.8) is 0 Å². The molecule has 39 heavy (non-hydrogen) atoms. The lowest BCUT2D eigenvalue weighted by Crippen LogP contribution is -2.63. The molecule has 0 spiro atoms. The van der Waals surface area contributed by atoms with Crippen LogP contribution in [0.15, 0.2) is 30.5 Å². The van der Waals surface area contributed by atoms with E-state index in [0.29, 0.717) is 5.69 Å². The predicted molar refractivity (Wildman–Crippen MR) is 125 cm³/mol. The molecule has 2 heterocycles. The second-order valence-electron chi connectivity index (χ2n) is 7.74. The highest BCUT2D eigenvalue weighted by Crippen LogP contribution is 2.31. The summed E-state index contributed by atoms with van der Waals surface area (Å²) in [6.45, 7) is -3.96. The number of hydrogen-bond acceptors (Lipinski definition) is 14. The van der Waals surface area contributed by atoms with E-state index in [1.54, 1.807) is 0 Å². The molecule has 1 aliphatic heterocycles. The van der Waals surface area contributed by atoms with Crippen LogP contribution in [0.5, 0.6) is 5.75 Å². The highest BCUT2D eigenvalue weighted by molar-refractivity contribution is 5.86. The predicted octanol–water partition coefficient (Wildman–Crippen LogP) is 0.516. The van der Waals surface area contributed by atoms with Crippen molar-refractivity contribution in [1.82, 2.24) is 15.0 Å². The molecular weight excluding hydrogens is 522 g/mol. The van der Waals surface area contributed by atoms with Gasteiger partial charge in [-0.3, -0.25) is 19.2 Å². The number of methoxy groups -OCH3 is 1. The van der Waals surface area contributed by atoms with Crippen molar-refractivity contribution in [2.75, 3.05) is 13.7 Å². The first kappa shape index (κ1) is 23.6. The fraction of sp³-hybridized carbons (Fsp3) is 0.458. The van der Waals surface area contributed by atoms with Gasteiger partial charge >= 0.3 is 29.8 Å². The van der Waals surface area contributed by atoms with Gasteiger partial charge < -0.3 is 33.2 Å². The Labute approximate surface area is 227 Å². The first-order chi connectivity index (χ1) is 20.6. The van der Waals surface area contributed by atoms with Crippen molar-refractivity contribution in [1.29, 1.82) is 0 Å². The van der Waals surface area contributed by atoms with Gasteiger partial charge in [0.1, 0.15) is 18.5 Å². The fourth-order valence-electron chi connectivity index (χ4n) is 3.54. The second kappa shape index (κ2) is 12.8. The third kappa shape index (κ3) is 7.73. The molecule has 1 saturated heterocycles. The van der Waals surface area contributed by atoms with Crippen LogP contribution in [-0.2, 0) is 47.6 Å². The quantitative estimate of drug-likeness (QED) is 0.309. The van der Waals surface area contributed by atoms with Gasteiger partial charge in [-0.15, -0.1) is 5.10 Å². The molecule has 2 aromatic rings. The molecule has 210 valence electrons. The van der Waals surface area contributed by atoms with Gasteiger partial charge in [-0.05, 0) is 24.3 Å². The molecule has 1 aliphatic rings. The summed E-state index contributed by atoms with van der Waals surface area (Å²) >= 11 is 0. The summed E-state index contributed by atoms with van der Waals surface area (Å²) in [6.07, 6.45) is -6.68. The van der Waals surface area contributed by atoms with E-state index >= 15 is 0 Å². The van der Waals surface area contributed by atoms with E-state index in [1.165, 1.54) is 42.3 Å². The van der Waals surface area contributed by atoms with Crippen LogP contribution in [0.25, 0.3) is 5.69 Å². The molecule has 1 aromatic heterocycles. The third-order valence-electron chi connectivity index (χ3n) is 5.04. The number of rotatable bonds is 9. The average molecular weight is 554 g/mol. The normalized spacial score (nSPS) is 23.6. The molecule has 3 rings (SSSR count). The number of esters is 5. The molecule has 5 atom stereocenters. The van der Waals surface area contributed by atoms with Crippen LogP contribution < -0.4 is 4.74 Å². The van der Waals surface area contributed by atoms with Gasteiger partial charge in [-0.2, -0.15) is 0 Å². The highest BCUT2D eigenvalue weighted by atomic mass is 16.7. The Balaban J connectivity index is 1.96. The zero-order valence-corrected chi connectivity index (χ0v) is 20.5. The first-order valence-electron chi connectivity index (χ1n) is 13.8. The van der Waals surface area contributed by atoms with Gasteiger partial charge in [0, 0.05) is 33.1 Å². The molecule has 15 nitrogen and oxygen atoms in total. The summed E-state index contributed by atoms with van der Waals surface area (Å²) in [4.78, 5) is 59.9. The summed E-state index contributed by atoms with van der Waals surface area (Å²) < 4.78 is 67.6. The zero-order chi connectivity index (χ0) is 31.5. The van der Waals surface area contributed by atoms with Gasteiger partial charge in [0.05, 0.1) is 19.0 Å². The molecule has 15 heteroatoms. The maximum atomic E-state index is 12.2. The Morgan fingerprint density at radius 1 is 0.897 bits per heavy atom. The third-order valence-corrected chi connectivity index (χ3v) is 5.04. The first-order valence-corrected chi connectivity index (χ1v) is 11.0. The van der Waals surface area contributed by atoms with Gasteiger partial charge in [0.15, 0.2) is 17.9 Å². The van der Waals surface area contributed by atoms with Crippen molar-refractivity contribution < 1.29 is 62.6 Å². The largest absolute Gasteiger partial charge is 0.464 e. The van der Waals surface area contributed by atoms with Crippen molar-refractivity contribution >= 4 is 29.8 Å².